The van der Waals surface area contributed by atoms with Crippen molar-refractivity contribution in [2.75, 3.05) is 11.4 Å². The van der Waals surface area contributed by atoms with Gasteiger partial charge in [0.1, 0.15) is 0 Å². The lowest BCUT2D eigenvalue weighted by atomic mass is 10.1. The molecule has 2 aromatic heterocycles. The van der Waals surface area contributed by atoms with Gasteiger partial charge in [-0.2, -0.15) is 4.98 Å². The van der Waals surface area contributed by atoms with Crippen molar-refractivity contribution in [3.8, 4) is 0 Å². The van der Waals surface area contributed by atoms with E-state index in [4.69, 9.17) is 4.42 Å². The van der Waals surface area contributed by atoms with Crippen molar-refractivity contribution in [2.24, 2.45) is 0 Å². The van der Waals surface area contributed by atoms with Crippen LogP contribution in [0.5, 0.6) is 0 Å². The first-order valence-electron chi connectivity index (χ1n) is 8.50. The Labute approximate surface area is 151 Å². The summed E-state index contributed by atoms with van der Waals surface area (Å²) >= 11 is 3.56. The Kier molecular flexibility index (Phi) is 3.13. The molecule has 2 fully saturated rings. The van der Waals surface area contributed by atoms with Gasteiger partial charge in [0.05, 0.1) is 5.52 Å². The molecule has 7 heteroatoms. The van der Waals surface area contributed by atoms with Crippen LogP contribution in [0.15, 0.2) is 25.8 Å². The number of aromatic nitrogens is 2. The number of fused-ring (bicyclic) bond motifs is 3. The van der Waals surface area contributed by atoms with Gasteiger partial charge in [-0.05, 0) is 43.9 Å². The van der Waals surface area contributed by atoms with E-state index >= 15 is 0 Å². The number of aryl methyl sites for hydroxylation is 1. The Morgan fingerprint density at radius 3 is 2.76 bits per heavy atom. The number of halogens is 1. The number of benzene rings is 1. The van der Waals surface area contributed by atoms with Crippen LogP contribution in [0.4, 0.5) is 6.01 Å². The third-order valence-corrected chi connectivity index (χ3v) is 5.96. The molecule has 0 bridgehead atoms. The van der Waals surface area contributed by atoms with Crippen molar-refractivity contribution < 1.29 is 9.21 Å². The van der Waals surface area contributed by atoms with Gasteiger partial charge in [0, 0.05) is 28.9 Å². The molecular weight excluding hydrogens is 386 g/mol. The van der Waals surface area contributed by atoms with E-state index in [1.165, 1.54) is 0 Å². The highest BCUT2D eigenvalue weighted by atomic mass is 79.9. The molecule has 5 rings (SSSR count). The highest BCUT2D eigenvalue weighted by molar-refractivity contribution is 9.10. The first-order chi connectivity index (χ1) is 12.1. The summed E-state index contributed by atoms with van der Waals surface area (Å²) in [5.41, 5.74) is 2.56. The van der Waals surface area contributed by atoms with Crippen LogP contribution in [0.25, 0.3) is 22.0 Å². The minimum atomic E-state index is -0.132. The van der Waals surface area contributed by atoms with E-state index in [2.05, 4.69) is 20.9 Å². The van der Waals surface area contributed by atoms with Crippen molar-refractivity contribution >= 4 is 49.9 Å². The standard InChI is InChI=1S/C18H16BrN3O3/c1-9-12(19)7-6-11-15(9)22(10-4-5-10)17(24)14-16(11)25-18(20-14)21-8-2-3-13(21)23/h6-7,10H,2-5,8H2,1H3. The second kappa shape index (κ2) is 5.17. The summed E-state index contributed by atoms with van der Waals surface area (Å²) in [6, 6.07) is 4.38. The zero-order valence-electron chi connectivity index (χ0n) is 13.7. The average molecular weight is 402 g/mol. The minimum Gasteiger partial charge on any atom is -0.422 e. The molecule has 25 heavy (non-hydrogen) atoms. The molecule has 1 amide bonds. The topological polar surface area (TPSA) is 68.3 Å². The first kappa shape index (κ1) is 15.1. The number of anilines is 1. The Morgan fingerprint density at radius 2 is 2.08 bits per heavy atom. The first-order valence-corrected chi connectivity index (χ1v) is 9.30. The number of carbonyl (C=O) groups excluding carboxylic acids is 1. The van der Waals surface area contributed by atoms with Crippen LogP contribution >= 0.6 is 15.9 Å². The molecule has 2 aliphatic rings. The third kappa shape index (κ3) is 2.11. The van der Waals surface area contributed by atoms with Gasteiger partial charge >= 0.3 is 6.01 Å². The maximum absolute atomic E-state index is 13.1. The van der Waals surface area contributed by atoms with Gasteiger partial charge in [-0.15, -0.1) is 0 Å². The Bertz CT molecular complexity index is 1110. The van der Waals surface area contributed by atoms with Crippen molar-refractivity contribution in [1.82, 2.24) is 9.55 Å². The van der Waals surface area contributed by atoms with Crippen molar-refractivity contribution in [2.45, 2.75) is 38.6 Å². The quantitative estimate of drug-likeness (QED) is 0.656. The van der Waals surface area contributed by atoms with Crippen molar-refractivity contribution in [1.29, 1.82) is 0 Å². The molecule has 0 radical (unpaired) electrons. The molecule has 1 aliphatic carbocycles. The molecule has 6 nitrogen and oxygen atoms in total. The fourth-order valence-corrected chi connectivity index (χ4v) is 3.99. The summed E-state index contributed by atoms with van der Waals surface area (Å²) in [5.74, 6) is -0.00250. The third-order valence-electron chi connectivity index (χ3n) is 5.10. The number of amides is 1. The second-order valence-corrected chi connectivity index (χ2v) is 7.65. The zero-order chi connectivity index (χ0) is 17.3. The number of hydrogen-bond acceptors (Lipinski definition) is 4. The summed E-state index contributed by atoms with van der Waals surface area (Å²) in [6.45, 7) is 2.59. The van der Waals surface area contributed by atoms with E-state index in [-0.39, 0.29) is 23.5 Å². The van der Waals surface area contributed by atoms with E-state index in [0.29, 0.717) is 24.1 Å². The molecule has 128 valence electrons. The summed E-state index contributed by atoms with van der Waals surface area (Å²) < 4.78 is 8.75. The van der Waals surface area contributed by atoms with Gasteiger partial charge < -0.3 is 8.98 Å². The van der Waals surface area contributed by atoms with E-state index in [0.717, 1.165) is 40.2 Å². The summed E-state index contributed by atoms with van der Waals surface area (Å²) in [6.07, 6.45) is 3.29. The van der Waals surface area contributed by atoms with Crippen molar-refractivity contribution in [3.05, 3.63) is 32.5 Å². The maximum Gasteiger partial charge on any atom is 0.305 e. The van der Waals surface area contributed by atoms with Crippen LogP contribution in [0.1, 0.15) is 37.3 Å². The van der Waals surface area contributed by atoms with E-state index < -0.39 is 0 Å². The number of rotatable bonds is 2. The molecule has 3 heterocycles. The van der Waals surface area contributed by atoms with Gasteiger partial charge in [0.25, 0.3) is 5.56 Å². The fraction of sp³-hybridized carbons (Fsp3) is 0.389. The monoisotopic (exact) mass is 401 g/mol. The summed E-state index contributed by atoms with van der Waals surface area (Å²) in [4.78, 5) is 31.1. The van der Waals surface area contributed by atoms with Gasteiger partial charge in [0.15, 0.2) is 11.1 Å². The Morgan fingerprint density at radius 1 is 1.28 bits per heavy atom. The molecule has 1 aromatic carbocycles. The molecule has 1 aliphatic heterocycles. The zero-order valence-corrected chi connectivity index (χ0v) is 15.3. The molecule has 0 spiro atoms. The molecule has 1 saturated heterocycles. The molecule has 0 N–H and O–H groups in total. The molecule has 0 unspecified atom stereocenters. The van der Waals surface area contributed by atoms with Crippen molar-refractivity contribution in [3.63, 3.8) is 0 Å². The lowest BCUT2D eigenvalue weighted by Gasteiger charge is -2.12. The Balaban J connectivity index is 1.88. The number of hydrogen-bond donors (Lipinski definition) is 0. The van der Waals surface area contributed by atoms with Gasteiger partial charge in [-0.1, -0.05) is 15.9 Å². The summed E-state index contributed by atoms with van der Waals surface area (Å²) in [5, 5.41) is 0.868. The minimum absolute atomic E-state index is 0.00250. The predicted octanol–water partition coefficient (Wildman–Crippen LogP) is 3.68. The lowest BCUT2D eigenvalue weighted by molar-refractivity contribution is -0.117. The number of carbonyl (C=O) groups is 1. The van der Waals surface area contributed by atoms with Crippen LogP contribution in [-0.4, -0.2) is 22.0 Å². The SMILES string of the molecule is Cc1c(Br)ccc2c3oc(N4CCCC4=O)nc3c(=O)n(C3CC3)c12. The largest absolute Gasteiger partial charge is 0.422 e. The van der Waals surface area contributed by atoms with E-state index in [1.54, 1.807) is 4.90 Å². The maximum atomic E-state index is 13.1. The van der Waals surface area contributed by atoms with Crippen LogP contribution in [0.3, 0.4) is 0 Å². The van der Waals surface area contributed by atoms with Crippen LogP contribution in [0.2, 0.25) is 0 Å². The second-order valence-electron chi connectivity index (χ2n) is 6.80. The molecule has 1 saturated carbocycles. The van der Waals surface area contributed by atoms with Crippen LogP contribution in [-0.2, 0) is 4.79 Å². The average Bonchev–Trinajstić information content (AvgIpc) is 3.17. The highest BCUT2D eigenvalue weighted by Gasteiger charge is 2.32. The predicted molar refractivity (Wildman–Crippen MR) is 98.1 cm³/mol. The molecule has 0 atom stereocenters. The summed E-state index contributed by atoms with van der Waals surface area (Å²) in [7, 11) is 0. The smallest absolute Gasteiger partial charge is 0.305 e. The number of pyridine rings is 1. The van der Waals surface area contributed by atoms with Gasteiger partial charge in [0.2, 0.25) is 5.91 Å². The normalized spacial score (nSPS) is 18.0. The van der Waals surface area contributed by atoms with Gasteiger partial charge in [-0.25, -0.2) is 0 Å². The molecular formula is C18H16BrN3O3. The highest BCUT2D eigenvalue weighted by Crippen LogP contribution is 2.40. The van der Waals surface area contributed by atoms with E-state index in [9.17, 15) is 9.59 Å². The molecule has 3 aromatic rings. The van der Waals surface area contributed by atoms with Crippen LogP contribution < -0.4 is 10.5 Å². The van der Waals surface area contributed by atoms with Crippen LogP contribution in [0, 0.1) is 6.92 Å². The van der Waals surface area contributed by atoms with E-state index in [1.807, 2.05) is 23.6 Å². The number of nitrogens with zero attached hydrogens (tertiary/aromatic N) is 3. The Hall–Kier alpha value is -2.15. The lowest BCUT2D eigenvalue weighted by Crippen LogP contribution is -2.24. The van der Waals surface area contributed by atoms with Gasteiger partial charge in [-0.3, -0.25) is 14.5 Å². The fourth-order valence-electron chi connectivity index (χ4n) is 3.67. The number of oxazole rings is 1.